The van der Waals surface area contributed by atoms with Crippen LogP contribution in [-0.4, -0.2) is 151 Å². The molecule has 0 radical (unpaired) electrons. The van der Waals surface area contributed by atoms with Gasteiger partial charge in [0.2, 0.25) is 5.91 Å². The number of piperidine rings is 2. The standard InChI is InChI=1S/C48H57N11O6/c1-29-20-31(22-35-27-49-54-42(29)35)24-40(45(61)57-18-16-56(17-19-57)37-10-12-55(3)13-11-37)52-47(64)53-41(46(62)63)25-32-21-30(2)43-36(23-32)28-50-59(43)48(65)58-14-8-33(9-15-58)38-26-34-6-4-5-7-39(34)51-44(38)60/h4-7,20-23,26-28,33,37,40-41H,8-19,24-25H2,1-3H3,(H,49,54)(H,51,60)(H,62,63)(H2,52,53,64)/t40-,41-/m0/s1. The lowest BCUT2D eigenvalue weighted by molar-refractivity contribution is -0.139. The molecule has 3 aliphatic heterocycles. The lowest BCUT2D eigenvalue weighted by Crippen LogP contribution is -2.59. The minimum Gasteiger partial charge on any atom is -0.480 e. The van der Waals surface area contributed by atoms with Crippen molar-refractivity contribution in [2.45, 2.75) is 76.4 Å². The van der Waals surface area contributed by atoms with Gasteiger partial charge in [-0.3, -0.25) is 19.6 Å². The fraction of sp³-hybridized carbons (Fsp3) is 0.438. The number of aliphatic carboxylic acids is 1. The van der Waals surface area contributed by atoms with E-state index >= 15 is 0 Å². The Bertz CT molecular complexity index is 2810. The van der Waals surface area contributed by atoms with E-state index in [-0.39, 0.29) is 36.3 Å². The molecule has 9 rings (SSSR count). The van der Waals surface area contributed by atoms with Crippen LogP contribution in [0.25, 0.3) is 32.7 Å². The first kappa shape index (κ1) is 43.7. The number of hydrogen-bond acceptors (Lipinski definition) is 9. The molecule has 2 atom stereocenters. The summed E-state index contributed by atoms with van der Waals surface area (Å²) in [5.74, 6) is -1.42. The summed E-state index contributed by atoms with van der Waals surface area (Å²) < 4.78 is 1.38. The lowest BCUT2D eigenvalue weighted by Gasteiger charge is -2.42. The second-order valence-corrected chi connectivity index (χ2v) is 18.2. The van der Waals surface area contributed by atoms with E-state index in [1.165, 1.54) is 4.68 Å². The van der Waals surface area contributed by atoms with Crippen LogP contribution in [0.2, 0.25) is 0 Å². The van der Waals surface area contributed by atoms with Crippen LogP contribution >= 0.6 is 0 Å². The highest BCUT2D eigenvalue weighted by Crippen LogP contribution is 2.29. The summed E-state index contributed by atoms with van der Waals surface area (Å²) in [6, 6.07) is 14.4. The van der Waals surface area contributed by atoms with Crippen LogP contribution in [0.15, 0.2) is 71.8 Å². The van der Waals surface area contributed by atoms with Gasteiger partial charge in [0.25, 0.3) is 5.56 Å². The fourth-order valence-electron chi connectivity index (χ4n) is 10.2. The maximum absolute atomic E-state index is 14.3. The number of aryl methyl sites for hydroxylation is 2. The molecule has 3 fully saturated rings. The monoisotopic (exact) mass is 883 g/mol. The number of carbonyl (C=O) groups excluding carboxylic acids is 3. The van der Waals surface area contributed by atoms with Crippen molar-refractivity contribution < 1.29 is 24.3 Å². The molecule has 6 aromatic rings. The van der Waals surface area contributed by atoms with E-state index in [9.17, 15) is 29.1 Å². The molecular weight excluding hydrogens is 827 g/mol. The molecule has 65 heavy (non-hydrogen) atoms. The van der Waals surface area contributed by atoms with Gasteiger partial charge in [-0.25, -0.2) is 14.4 Å². The predicted molar refractivity (Wildman–Crippen MR) is 247 cm³/mol. The van der Waals surface area contributed by atoms with E-state index in [0.29, 0.717) is 61.5 Å². The molecule has 0 spiro atoms. The van der Waals surface area contributed by atoms with Crippen molar-refractivity contribution in [3.05, 3.63) is 105 Å². The second kappa shape index (κ2) is 18.5. The molecule has 0 aliphatic carbocycles. The number of urea groups is 1. The molecule has 3 aromatic carbocycles. The molecule has 3 saturated heterocycles. The van der Waals surface area contributed by atoms with Gasteiger partial charge < -0.3 is 35.4 Å². The normalized spacial score (nSPS) is 18.0. The van der Waals surface area contributed by atoms with Crippen molar-refractivity contribution >= 4 is 56.6 Å². The first-order valence-electron chi connectivity index (χ1n) is 22.7. The number of likely N-dealkylation sites (tertiary alicyclic amines) is 2. The smallest absolute Gasteiger partial charge is 0.345 e. The van der Waals surface area contributed by atoms with Gasteiger partial charge in [-0.15, -0.1) is 0 Å². The number of nitrogens with zero attached hydrogens (tertiary/aromatic N) is 7. The highest BCUT2D eigenvalue weighted by molar-refractivity contribution is 5.93. The highest BCUT2D eigenvalue weighted by atomic mass is 16.4. The van der Waals surface area contributed by atoms with Crippen LogP contribution in [0.5, 0.6) is 0 Å². The zero-order valence-corrected chi connectivity index (χ0v) is 37.2. The van der Waals surface area contributed by atoms with Gasteiger partial charge in [0.15, 0.2) is 0 Å². The first-order chi connectivity index (χ1) is 31.4. The summed E-state index contributed by atoms with van der Waals surface area (Å²) in [6.45, 7) is 9.44. The van der Waals surface area contributed by atoms with Crippen LogP contribution in [0.3, 0.4) is 0 Å². The van der Waals surface area contributed by atoms with Crippen molar-refractivity contribution in [2.24, 2.45) is 0 Å². The molecule has 17 heteroatoms. The van der Waals surface area contributed by atoms with Crippen molar-refractivity contribution in [1.82, 2.24) is 55.2 Å². The number of benzene rings is 3. The van der Waals surface area contributed by atoms with Gasteiger partial charge >= 0.3 is 18.0 Å². The Morgan fingerprint density at radius 2 is 1.45 bits per heavy atom. The average molecular weight is 884 g/mol. The minimum atomic E-state index is -1.32. The Labute approximate surface area is 376 Å². The van der Waals surface area contributed by atoms with Crippen LogP contribution in [0.4, 0.5) is 9.59 Å². The quantitative estimate of drug-likeness (QED) is 0.132. The maximum Gasteiger partial charge on any atom is 0.345 e. The number of pyridine rings is 1. The van der Waals surface area contributed by atoms with E-state index < -0.39 is 24.1 Å². The van der Waals surface area contributed by atoms with Gasteiger partial charge in [0.05, 0.1) is 23.4 Å². The van der Waals surface area contributed by atoms with Crippen molar-refractivity contribution in [3.63, 3.8) is 0 Å². The van der Waals surface area contributed by atoms with E-state index in [1.807, 2.05) is 67.3 Å². The fourth-order valence-corrected chi connectivity index (χ4v) is 10.2. The molecule has 0 bridgehead atoms. The zero-order valence-electron chi connectivity index (χ0n) is 37.2. The number of carboxylic acid groups (broad SMARTS) is 1. The topological polar surface area (TPSA) is 205 Å². The van der Waals surface area contributed by atoms with E-state index in [4.69, 9.17) is 0 Å². The molecule has 0 saturated carbocycles. The molecule has 0 unspecified atom stereocenters. The largest absolute Gasteiger partial charge is 0.480 e. The molecule has 340 valence electrons. The zero-order chi connectivity index (χ0) is 45.4. The van der Waals surface area contributed by atoms with Gasteiger partial charge in [-0.2, -0.15) is 14.9 Å². The van der Waals surface area contributed by atoms with Gasteiger partial charge in [0.1, 0.15) is 12.1 Å². The molecule has 4 amide bonds. The number of amides is 4. The summed E-state index contributed by atoms with van der Waals surface area (Å²) in [5, 5.41) is 30.0. The van der Waals surface area contributed by atoms with E-state index in [2.05, 4.69) is 47.8 Å². The average Bonchev–Trinajstić information content (AvgIpc) is 3.97. The van der Waals surface area contributed by atoms with Crippen LogP contribution in [0.1, 0.15) is 59.4 Å². The van der Waals surface area contributed by atoms with Gasteiger partial charge in [-0.1, -0.05) is 30.3 Å². The first-order valence-corrected chi connectivity index (χ1v) is 22.7. The second-order valence-electron chi connectivity index (χ2n) is 18.2. The summed E-state index contributed by atoms with van der Waals surface area (Å²) in [7, 11) is 2.15. The summed E-state index contributed by atoms with van der Waals surface area (Å²) >= 11 is 0. The summed E-state index contributed by atoms with van der Waals surface area (Å²) in [4.78, 5) is 79.0. The number of carboxylic acids is 1. The number of rotatable bonds is 10. The molecule has 5 N–H and O–H groups in total. The van der Waals surface area contributed by atoms with E-state index in [1.54, 1.807) is 23.4 Å². The lowest BCUT2D eigenvalue weighted by atomic mass is 9.89. The van der Waals surface area contributed by atoms with Crippen molar-refractivity contribution in [2.75, 3.05) is 59.4 Å². The van der Waals surface area contributed by atoms with Crippen molar-refractivity contribution in [1.29, 1.82) is 0 Å². The summed E-state index contributed by atoms with van der Waals surface area (Å²) in [5.41, 5.74) is 6.10. The number of piperazine rings is 1. The SMILES string of the molecule is Cc1cc(C[C@H](NC(=O)N[C@@H](Cc2cc(C)c3c(cnn3C(=O)N3CCC(c4cc5ccccc5[nH]c4=O)CC3)c2)C(=O)O)C(=O)N2CCN(C3CCN(C)CC3)CC2)cc2cn[nH]c12. The Kier molecular flexibility index (Phi) is 12.4. The predicted octanol–water partition coefficient (Wildman–Crippen LogP) is 4.36. The molecule has 17 nitrogen and oxygen atoms in total. The number of hydrogen-bond donors (Lipinski definition) is 5. The molecular formula is C48H57N11O6. The molecule has 6 heterocycles. The Morgan fingerprint density at radius 3 is 2.18 bits per heavy atom. The van der Waals surface area contributed by atoms with E-state index in [0.717, 1.165) is 83.1 Å². The highest BCUT2D eigenvalue weighted by Gasteiger charge is 2.34. The Morgan fingerprint density at radius 1 is 0.769 bits per heavy atom. The van der Waals surface area contributed by atoms with Crippen LogP contribution in [0, 0.1) is 13.8 Å². The molecule has 3 aliphatic rings. The summed E-state index contributed by atoms with van der Waals surface area (Å²) in [6.07, 6.45) is 6.96. The van der Waals surface area contributed by atoms with Crippen LogP contribution < -0.4 is 16.2 Å². The Hall–Kier alpha value is -6.59. The van der Waals surface area contributed by atoms with Gasteiger partial charge in [-0.05, 0) is 117 Å². The minimum absolute atomic E-state index is 0.0205. The number of H-pyrrole nitrogens is 2. The third-order valence-corrected chi connectivity index (χ3v) is 13.8. The van der Waals surface area contributed by atoms with Crippen molar-refractivity contribution in [3.8, 4) is 0 Å². The third kappa shape index (κ3) is 9.34. The third-order valence-electron chi connectivity index (χ3n) is 13.8. The number of para-hydroxylation sites is 1. The maximum atomic E-state index is 14.3. The number of nitrogens with one attached hydrogen (secondary N) is 4. The number of carbonyl (C=O) groups is 4. The number of aromatic amines is 2. The number of aromatic nitrogens is 5. The van der Waals surface area contributed by atoms with Gasteiger partial charge in [0, 0.05) is 80.0 Å². The van der Waals surface area contributed by atoms with Crippen LogP contribution in [-0.2, 0) is 22.4 Å². The Balaban J connectivity index is 0.858. The molecule has 3 aromatic heterocycles. The number of fused-ring (bicyclic) bond motifs is 3.